The zero-order chi connectivity index (χ0) is 6.85. The Hall–Kier alpha value is -0.320. The molecule has 48 valence electrons. The topological polar surface area (TPSA) is 12.5 Å². The molecule has 0 aliphatic carbocycles. The SMILES string of the molecule is CON1C(=S)C=CC1=S. The molecule has 0 aromatic carbocycles. The summed E-state index contributed by atoms with van der Waals surface area (Å²) in [5.41, 5.74) is 0. The highest BCUT2D eigenvalue weighted by atomic mass is 32.1. The molecule has 0 radical (unpaired) electrons. The lowest BCUT2D eigenvalue weighted by molar-refractivity contribution is 0.00915. The van der Waals surface area contributed by atoms with Crippen molar-refractivity contribution in [3.05, 3.63) is 12.2 Å². The molecule has 1 heterocycles. The predicted octanol–water partition coefficient (Wildman–Crippen LogP) is 1.07. The Kier molecular flexibility index (Phi) is 1.90. The Morgan fingerprint density at radius 2 is 1.78 bits per heavy atom. The highest BCUT2D eigenvalue weighted by molar-refractivity contribution is 7.82. The Balaban J connectivity index is 2.75. The number of hydrogen-bond donors (Lipinski definition) is 0. The fourth-order valence-electron chi connectivity index (χ4n) is 0.567. The van der Waals surface area contributed by atoms with Gasteiger partial charge in [-0.3, -0.25) is 4.84 Å². The van der Waals surface area contributed by atoms with Crippen molar-refractivity contribution < 1.29 is 4.84 Å². The Morgan fingerprint density at radius 3 is 2.00 bits per heavy atom. The van der Waals surface area contributed by atoms with Crippen LogP contribution in [0.2, 0.25) is 0 Å². The minimum absolute atomic E-state index is 0.613. The van der Waals surface area contributed by atoms with Crippen molar-refractivity contribution in [3.8, 4) is 0 Å². The largest absolute Gasteiger partial charge is 0.270 e. The molecule has 0 unspecified atom stereocenters. The van der Waals surface area contributed by atoms with E-state index in [0.717, 1.165) is 0 Å². The molecule has 0 aromatic heterocycles. The van der Waals surface area contributed by atoms with Crippen molar-refractivity contribution in [2.75, 3.05) is 7.11 Å². The van der Waals surface area contributed by atoms with E-state index in [1.54, 1.807) is 12.2 Å². The van der Waals surface area contributed by atoms with Gasteiger partial charge in [0, 0.05) is 0 Å². The van der Waals surface area contributed by atoms with E-state index in [9.17, 15) is 0 Å². The van der Waals surface area contributed by atoms with Crippen molar-refractivity contribution in [2.45, 2.75) is 0 Å². The van der Waals surface area contributed by atoms with Crippen LogP contribution in [0.25, 0.3) is 0 Å². The van der Waals surface area contributed by atoms with E-state index in [1.807, 2.05) is 0 Å². The lowest BCUT2D eigenvalue weighted by atomic mass is 10.6. The number of hydroxylamine groups is 2. The van der Waals surface area contributed by atoms with E-state index in [1.165, 1.54) is 12.2 Å². The molecule has 9 heavy (non-hydrogen) atoms. The van der Waals surface area contributed by atoms with Gasteiger partial charge in [0.15, 0.2) is 0 Å². The average Bonchev–Trinajstić information content (AvgIpc) is 2.12. The van der Waals surface area contributed by atoms with Crippen molar-refractivity contribution in [1.82, 2.24) is 5.06 Å². The monoisotopic (exact) mass is 159 g/mol. The molecule has 2 nitrogen and oxygen atoms in total. The summed E-state index contributed by atoms with van der Waals surface area (Å²) in [4.78, 5) is 6.05. The Morgan fingerprint density at radius 1 is 1.33 bits per heavy atom. The van der Waals surface area contributed by atoms with Gasteiger partial charge in [0.05, 0.1) is 7.11 Å². The lowest BCUT2D eigenvalue weighted by Crippen LogP contribution is -2.25. The molecule has 1 rings (SSSR count). The summed E-state index contributed by atoms with van der Waals surface area (Å²) in [7, 11) is 1.53. The number of hydrogen-bond acceptors (Lipinski definition) is 3. The van der Waals surface area contributed by atoms with Gasteiger partial charge in [-0.25, -0.2) is 5.06 Å². The smallest absolute Gasteiger partial charge is 0.133 e. The molecule has 0 atom stereocenters. The maximum Gasteiger partial charge on any atom is 0.133 e. The first-order valence-corrected chi connectivity index (χ1v) is 3.17. The molecule has 0 saturated heterocycles. The molecule has 4 heteroatoms. The van der Waals surface area contributed by atoms with Gasteiger partial charge in [-0.15, -0.1) is 0 Å². The van der Waals surface area contributed by atoms with Crippen LogP contribution in [-0.2, 0) is 4.84 Å². The van der Waals surface area contributed by atoms with E-state index in [2.05, 4.69) is 0 Å². The second-order valence-electron chi connectivity index (χ2n) is 1.49. The molecule has 0 amide bonds. The van der Waals surface area contributed by atoms with Crippen LogP contribution in [0.1, 0.15) is 0 Å². The maximum atomic E-state index is 4.84. The van der Waals surface area contributed by atoms with Gasteiger partial charge >= 0.3 is 0 Å². The summed E-state index contributed by atoms with van der Waals surface area (Å²) < 4.78 is 0. The second kappa shape index (κ2) is 2.51. The number of nitrogens with zero attached hydrogens (tertiary/aromatic N) is 1. The van der Waals surface area contributed by atoms with Crippen LogP contribution in [0.4, 0.5) is 0 Å². The normalized spacial score (nSPS) is 17.7. The first-order chi connectivity index (χ1) is 4.25. The first-order valence-electron chi connectivity index (χ1n) is 2.36. The summed E-state index contributed by atoms with van der Waals surface area (Å²) >= 11 is 9.69. The molecule has 0 spiro atoms. The molecule has 0 saturated carbocycles. The fourth-order valence-corrected chi connectivity index (χ4v) is 1.11. The van der Waals surface area contributed by atoms with Crippen molar-refractivity contribution in [2.24, 2.45) is 0 Å². The van der Waals surface area contributed by atoms with Gasteiger partial charge in [-0.1, -0.05) is 24.4 Å². The lowest BCUT2D eigenvalue weighted by Gasteiger charge is -2.12. The Labute approximate surface area is 64.0 Å². The summed E-state index contributed by atoms with van der Waals surface area (Å²) in [6.45, 7) is 0. The van der Waals surface area contributed by atoms with Gasteiger partial charge < -0.3 is 0 Å². The van der Waals surface area contributed by atoms with E-state index in [4.69, 9.17) is 29.3 Å². The highest BCUT2D eigenvalue weighted by Gasteiger charge is 2.15. The molecular weight excluding hydrogens is 154 g/mol. The first kappa shape index (κ1) is 6.80. The van der Waals surface area contributed by atoms with Crippen LogP contribution in [0, 0.1) is 0 Å². The number of thiocarbonyl (C=S) groups is 2. The molecule has 0 fully saturated rings. The minimum Gasteiger partial charge on any atom is -0.270 e. The Bertz CT molecular complexity index is 169. The summed E-state index contributed by atoms with van der Waals surface area (Å²) in [5.74, 6) is 0. The van der Waals surface area contributed by atoms with E-state index >= 15 is 0 Å². The molecule has 1 aliphatic rings. The third-order valence-corrected chi connectivity index (χ3v) is 1.56. The van der Waals surface area contributed by atoms with Crippen molar-refractivity contribution >= 4 is 34.4 Å². The van der Waals surface area contributed by atoms with Gasteiger partial charge in [0.1, 0.15) is 9.98 Å². The maximum absolute atomic E-state index is 4.84. The third-order valence-electron chi connectivity index (χ3n) is 0.951. The number of rotatable bonds is 1. The van der Waals surface area contributed by atoms with Gasteiger partial charge in [0.25, 0.3) is 0 Å². The molecule has 0 aromatic rings. The van der Waals surface area contributed by atoms with Gasteiger partial charge in [0.2, 0.25) is 0 Å². The fraction of sp³-hybridized carbons (Fsp3) is 0.200. The second-order valence-corrected chi connectivity index (χ2v) is 2.32. The molecular formula is C5H5NOS2. The van der Waals surface area contributed by atoms with Gasteiger partial charge in [-0.2, -0.15) is 0 Å². The molecule has 1 aliphatic heterocycles. The quantitative estimate of drug-likeness (QED) is 0.530. The standard InChI is InChI=1S/C5H5NOS2/c1-7-6-4(8)2-3-5(6)9/h2-3H,1H3. The predicted molar refractivity (Wildman–Crippen MR) is 43.2 cm³/mol. The summed E-state index contributed by atoms with van der Waals surface area (Å²) in [5, 5.41) is 1.42. The average molecular weight is 159 g/mol. The van der Waals surface area contributed by atoms with Gasteiger partial charge in [-0.05, 0) is 12.2 Å². The van der Waals surface area contributed by atoms with E-state index in [-0.39, 0.29) is 0 Å². The zero-order valence-corrected chi connectivity index (χ0v) is 6.46. The van der Waals surface area contributed by atoms with Crippen LogP contribution >= 0.6 is 24.4 Å². The van der Waals surface area contributed by atoms with Crippen LogP contribution in [0.15, 0.2) is 12.2 Å². The van der Waals surface area contributed by atoms with Crippen LogP contribution in [0.3, 0.4) is 0 Å². The zero-order valence-electron chi connectivity index (χ0n) is 4.83. The highest BCUT2D eigenvalue weighted by Crippen LogP contribution is 2.05. The summed E-state index contributed by atoms with van der Waals surface area (Å²) in [6.07, 6.45) is 3.47. The van der Waals surface area contributed by atoms with Crippen LogP contribution in [0.5, 0.6) is 0 Å². The van der Waals surface area contributed by atoms with E-state index in [0.29, 0.717) is 9.98 Å². The van der Waals surface area contributed by atoms with Crippen LogP contribution < -0.4 is 0 Å². The van der Waals surface area contributed by atoms with Crippen molar-refractivity contribution in [1.29, 1.82) is 0 Å². The summed E-state index contributed by atoms with van der Waals surface area (Å²) in [6, 6.07) is 0. The molecule has 0 bridgehead atoms. The minimum atomic E-state index is 0.613. The molecule has 0 N–H and O–H groups in total. The van der Waals surface area contributed by atoms with Crippen LogP contribution in [-0.4, -0.2) is 22.2 Å². The van der Waals surface area contributed by atoms with E-state index < -0.39 is 0 Å². The third kappa shape index (κ3) is 1.15. The van der Waals surface area contributed by atoms with Crippen molar-refractivity contribution in [3.63, 3.8) is 0 Å².